The van der Waals surface area contributed by atoms with Crippen molar-refractivity contribution in [3.05, 3.63) is 84.7 Å². The largest absolute Gasteiger partial charge is 0.484 e. The molecule has 12 heteroatoms. The molecule has 1 aliphatic heterocycles. The molecule has 11 nitrogen and oxygen atoms in total. The molecule has 0 radical (unpaired) electrons. The lowest BCUT2D eigenvalue weighted by molar-refractivity contribution is -0.137. The summed E-state index contributed by atoms with van der Waals surface area (Å²) < 4.78 is 38.2. The van der Waals surface area contributed by atoms with Crippen molar-refractivity contribution >= 4 is 33.7 Å². The van der Waals surface area contributed by atoms with Gasteiger partial charge in [-0.25, -0.2) is 13.8 Å². The maximum atomic E-state index is 13.2. The lowest BCUT2D eigenvalue weighted by Crippen LogP contribution is -2.42. The Balaban J connectivity index is 1.33. The van der Waals surface area contributed by atoms with E-state index < -0.39 is 22.5 Å². The van der Waals surface area contributed by atoms with Crippen molar-refractivity contribution in [2.75, 3.05) is 43.8 Å². The van der Waals surface area contributed by atoms with Gasteiger partial charge in [-0.05, 0) is 54.1 Å². The number of aromatic nitrogens is 1. The molecule has 0 aliphatic carbocycles. The monoisotopic (exact) mass is 537 g/mol. The Morgan fingerprint density at radius 2 is 1.79 bits per heavy atom. The number of pyridine rings is 1. The van der Waals surface area contributed by atoms with Crippen LogP contribution in [0.1, 0.15) is 5.56 Å². The molecule has 3 aromatic rings. The second-order valence-corrected chi connectivity index (χ2v) is 10.0. The Labute approximate surface area is 220 Å². The Kier molecular flexibility index (Phi) is 9.01. The summed E-state index contributed by atoms with van der Waals surface area (Å²) in [5, 5.41) is 3.93. The summed E-state index contributed by atoms with van der Waals surface area (Å²) in [6.07, 6.45) is 4.30. The average molecular weight is 538 g/mol. The van der Waals surface area contributed by atoms with Gasteiger partial charge in [0, 0.05) is 19.3 Å². The van der Waals surface area contributed by atoms with E-state index in [2.05, 4.69) is 15.5 Å². The van der Waals surface area contributed by atoms with Crippen molar-refractivity contribution < 1.29 is 27.5 Å². The molecule has 0 bridgehead atoms. The van der Waals surface area contributed by atoms with E-state index in [0.717, 1.165) is 4.31 Å². The highest BCUT2D eigenvalue weighted by atomic mass is 32.2. The third kappa shape index (κ3) is 7.14. The number of nitrogens with zero attached hydrogens (tertiary/aromatic N) is 4. The molecule has 1 aromatic heterocycles. The molecule has 0 unspecified atom stereocenters. The smallest absolute Gasteiger partial charge is 0.264 e. The van der Waals surface area contributed by atoms with Gasteiger partial charge < -0.3 is 14.4 Å². The molecule has 1 N–H and O–H groups in total. The van der Waals surface area contributed by atoms with Gasteiger partial charge in [0.15, 0.2) is 6.61 Å². The second-order valence-electron chi connectivity index (χ2n) is 8.18. The van der Waals surface area contributed by atoms with Gasteiger partial charge >= 0.3 is 0 Å². The SMILES string of the molecule is O=C(CN(c1cccnc1)S(=O)(=O)c1ccccc1)N/N=C\c1ccc(OCC(=O)N2CCOCC2)cc1. The van der Waals surface area contributed by atoms with Crippen LogP contribution in [-0.2, 0) is 24.3 Å². The van der Waals surface area contributed by atoms with Gasteiger partial charge in [0.2, 0.25) is 0 Å². The normalized spacial score (nSPS) is 13.7. The summed E-state index contributed by atoms with van der Waals surface area (Å²) in [5.74, 6) is -0.214. The molecule has 4 rings (SSSR count). The van der Waals surface area contributed by atoms with Gasteiger partial charge in [-0.3, -0.25) is 18.9 Å². The van der Waals surface area contributed by atoms with E-state index in [9.17, 15) is 18.0 Å². The van der Waals surface area contributed by atoms with E-state index in [-0.39, 0.29) is 23.1 Å². The van der Waals surface area contributed by atoms with E-state index in [1.54, 1.807) is 59.5 Å². The fourth-order valence-electron chi connectivity index (χ4n) is 3.58. The van der Waals surface area contributed by atoms with Crippen LogP contribution in [0.25, 0.3) is 0 Å². The molecule has 1 saturated heterocycles. The van der Waals surface area contributed by atoms with Gasteiger partial charge in [0.1, 0.15) is 12.3 Å². The van der Waals surface area contributed by atoms with E-state index >= 15 is 0 Å². The lowest BCUT2D eigenvalue weighted by atomic mass is 10.2. The zero-order chi connectivity index (χ0) is 26.8. The molecule has 2 aromatic carbocycles. The Morgan fingerprint density at radius 3 is 2.47 bits per heavy atom. The van der Waals surface area contributed by atoms with Crippen LogP contribution in [0, 0.1) is 0 Å². The number of benzene rings is 2. The predicted molar refractivity (Wildman–Crippen MR) is 140 cm³/mol. The highest BCUT2D eigenvalue weighted by Gasteiger charge is 2.27. The number of sulfonamides is 1. The number of hydrazone groups is 1. The van der Waals surface area contributed by atoms with Gasteiger partial charge in [0.05, 0.1) is 36.2 Å². The summed E-state index contributed by atoms with van der Waals surface area (Å²) in [6.45, 7) is 1.61. The summed E-state index contributed by atoms with van der Waals surface area (Å²) in [6, 6.07) is 17.8. The Bertz CT molecular complexity index is 1350. The molecule has 1 aliphatic rings. The standard InChI is InChI=1S/C26H27N5O6S/c32-25(19-31(22-5-4-12-27-18-22)38(34,35)24-6-2-1-3-7-24)29-28-17-21-8-10-23(11-9-21)37-20-26(33)30-13-15-36-16-14-30/h1-12,17-18H,13-16,19-20H2,(H,29,32)/b28-17-. The molecule has 38 heavy (non-hydrogen) atoms. The summed E-state index contributed by atoms with van der Waals surface area (Å²) in [7, 11) is -4.02. The maximum absolute atomic E-state index is 13.2. The molecule has 0 spiro atoms. The molecule has 2 heterocycles. The van der Waals surface area contributed by atoms with Gasteiger partial charge in [0.25, 0.3) is 21.8 Å². The van der Waals surface area contributed by atoms with Crippen LogP contribution in [-0.4, -0.2) is 75.8 Å². The first-order chi connectivity index (χ1) is 18.4. The predicted octanol–water partition coefficient (Wildman–Crippen LogP) is 1.66. The lowest BCUT2D eigenvalue weighted by Gasteiger charge is -2.26. The number of carbonyl (C=O) groups excluding carboxylic acids is 2. The molecular weight excluding hydrogens is 510 g/mol. The van der Waals surface area contributed by atoms with Crippen LogP contribution < -0.4 is 14.5 Å². The molecule has 0 atom stereocenters. The number of anilines is 1. The third-order valence-electron chi connectivity index (χ3n) is 5.56. The quantitative estimate of drug-likeness (QED) is 0.307. The minimum Gasteiger partial charge on any atom is -0.484 e. The molecule has 1 fully saturated rings. The number of hydrogen-bond acceptors (Lipinski definition) is 8. The summed E-state index contributed by atoms with van der Waals surface area (Å²) in [4.78, 5) is 30.5. The highest BCUT2D eigenvalue weighted by molar-refractivity contribution is 7.92. The first-order valence-corrected chi connectivity index (χ1v) is 13.3. The first-order valence-electron chi connectivity index (χ1n) is 11.8. The van der Waals surface area contributed by atoms with Crippen LogP contribution in [0.2, 0.25) is 0 Å². The molecule has 198 valence electrons. The highest BCUT2D eigenvalue weighted by Crippen LogP contribution is 2.22. The van der Waals surface area contributed by atoms with Crippen molar-refractivity contribution in [3.63, 3.8) is 0 Å². The van der Waals surface area contributed by atoms with Crippen molar-refractivity contribution in [2.45, 2.75) is 4.90 Å². The number of amides is 2. The van der Waals surface area contributed by atoms with Crippen molar-refractivity contribution in [1.29, 1.82) is 0 Å². The number of ether oxygens (including phenoxy) is 2. The average Bonchev–Trinajstić information content (AvgIpc) is 2.96. The first kappa shape index (κ1) is 26.8. The van der Waals surface area contributed by atoms with Gasteiger partial charge in [-0.15, -0.1) is 0 Å². The summed E-state index contributed by atoms with van der Waals surface area (Å²) >= 11 is 0. The number of rotatable bonds is 10. The molecule has 0 saturated carbocycles. The summed E-state index contributed by atoms with van der Waals surface area (Å²) in [5.41, 5.74) is 3.27. The Morgan fingerprint density at radius 1 is 1.05 bits per heavy atom. The minimum absolute atomic E-state index is 0.0501. The zero-order valence-corrected chi connectivity index (χ0v) is 21.3. The minimum atomic E-state index is -4.02. The van der Waals surface area contributed by atoms with Crippen LogP contribution in [0.4, 0.5) is 5.69 Å². The van der Waals surface area contributed by atoms with Crippen LogP contribution in [0.3, 0.4) is 0 Å². The number of morpholine rings is 1. The van der Waals surface area contributed by atoms with Crippen LogP contribution >= 0.6 is 0 Å². The van der Waals surface area contributed by atoms with Gasteiger partial charge in [-0.2, -0.15) is 5.10 Å². The third-order valence-corrected chi connectivity index (χ3v) is 7.35. The van der Waals surface area contributed by atoms with Crippen molar-refractivity contribution in [2.24, 2.45) is 5.10 Å². The number of hydrogen-bond donors (Lipinski definition) is 1. The van der Waals surface area contributed by atoms with E-state index in [1.807, 2.05) is 0 Å². The number of nitrogens with one attached hydrogen (secondary N) is 1. The zero-order valence-electron chi connectivity index (χ0n) is 20.5. The van der Waals surface area contributed by atoms with Crippen molar-refractivity contribution in [3.8, 4) is 5.75 Å². The second kappa shape index (κ2) is 12.8. The van der Waals surface area contributed by atoms with Gasteiger partial charge in [-0.1, -0.05) is 18.2 Å². The number of carbonyl (C=O) groups is 2. The van der Waals surface area contributed by atoms with E-state index in [0.29, 0.717) is 37.6 Å². The van der Waals surface area contributed by atoms with Crippen LogP contribution in [0.15, 0.2) is 89.1 Å². The molecule has 2 amide bonds. The maximum Gasteiger partial charge on any atom is 0.264 e. The van der Waals surface area contributed by atoms with E-state index in [4.69, 9.17) is 9.47 Å². The topological polar surface area (TPSA) is 130 Å². The molecular formula is C26H27N5O6S. The fraction of sp³-hybridized carbons (Fsp3) is 0.231. The van der Waals surface area contributed by atoms with E-state index in [1.165, 1.54) is 30.7 Å². The van der Waals surface area contributed by atoms with Crippen LogP contribution in [0.5, 0.6) is 5.75 Å². The van der Waals surface area contributed by atoms with Crippen molar-refractivity contribution in [1.82, 2.24) is 15.3 Å². The fourth-order valence-corrected chi connectivity index (χ4v) is 5.01. The Hall–Kier alpha value is -4.29.